The molecule has 3 atom stereocenters. The van der Waals surface area contributed by atoms with Gasteiger partial charge in [-0.3, -0.25) is 14.5 Å². The lowest BCUT2D eigenvalue weighted by molar-refractivity contribution is -0.124. The number of nitrogens with zero attached hydrogens (tertiary/aromatic N) is 1. The quantitative estimate of drug-likeness (QED) is 0.547. The zero-order valence-electron chi connectivity index (χ0n) is 19.6. The van der Waals surface area contributed by atoms with E-state index in [2.05, 4.69) is 29.4 Å². The van der Waals surface area contributed by atoms with Gasteiger partial charge in [-0.05, 0) is 38.3 Å². The number of hydrogen-bond donors (Lipinski definition) is 2. The molecule has 8 heteroatoms. The maximum absolute atomic E-state index is 12.8. The second kappa shape index (κ2) is 11.9. The Morgan fingerprint density at radius 3 is 2.19 bits per heavy atom. The predicted octanol–water partition coefficient (Wildman–Crippen LogP) is 2.07. The third-order valence-corrected chi connectivity index (χ3v) is 5.29. The van der Waals surface area contributed by atoms with E-state index < -0.39 is 6.04 Å². The van der Waals surface area contributed by atoms with Crippen molar-refractivity contribution in [2.24, 2.45) is 5.92 Å². The minimum Gasteiger partial charge on any atom is -0.497 e. The fourth-order valence-electron chi connectivity index (χ4n) is 3.79. The van der Waals surface area contributed by atoms with Crippen LogP contribution in [0.1, 0.15) is 44.5 Å². The van der Waals surface area contributed by atoms with E-state index in [0.29, 0.717) is 23.6 Å². The van der Waals surface area contributed by atoms with Gasteiger partial charge in [0.1, 0.15) is 17.5 Å². The summed E-state index contributed by atoms with van der Waals surface area (Å²) in [6.45, 7) is 11.3. The summed E-state index contributed by atoms with van der Waals surface area (Å²) in [7, 11) is 3.05. The number of rotatable bonds is 10. The van der Waals surface area contributed by atoms with Gasteiger partial charge in [0.2, 0.25) is 5.91 Å². The van der Waals surface area contributed by atoms with Crippen LogP contribution >= 0.6 is 0 Å². The Morgan fingerprint density at radius 1 is 1.10 bits per heavy atom. The van der Waals surface area contributed by atoms with Gasteiger partial charge in [0, 0.05) is 37.8 Å². The van der Waals surface area contributed by atoms with E-state index in [1.807, 2.05) is 13.8 Å². The molecule has 1 heterocycles. The summed E-state index contributed by atoms with van der Waals surface area (Å²) in [5.74, 6) is 0.449. The summed E-state index contributed by atoms with van der Waals surface area (Å²) < 4.78 is 16.2. The van der Waals surface area contributed by atoms with Crippen LogP contribution in [0, 0.1) is 5.92 Å². The van der Waals surface area contributed by atoms with Crippen molar-refractivity contribution in [1.29, 1.82) is 0 Å². The number of amides is 2. The predicted molar refractivity (Wildman–Crippen MR) is 120 cm³/mol. The minimum absolute atomic E-state index is 0.0580. The van der Waals surface area contributed by atoms with Gasteiger partial charge in [-0.25, -0.2) is 0 Å². The van der Waals surface area contributed by atoms with Crippen molar-refractivity contribution in [3.05, 3.63) is 23.8 Å². The van der Waals surface area contributed by atoms with Crippen LogP contribution in [0.25, 0.3) is 0 Å². The van der Waals surface area contributed by atoms with Crippen LogP contribution in [-0.2, 0) is 9.53 Å². The summed E-state index contributed by atoms with van der Waals surface area (Å²) in [6, 6.07) is 4.31. The first-order valence-corrected chi connectivity index (χ1v) is 10.9. The van der Waals surface area contributed by atoms with Crippen molar-refractivity contribution in [2.45, 2.75) is 52.4 Å². The number of carbonyl (C=O) groups excluding carboxylic acids is 2. The molecule has 2 rings (SSSR count). The normalized spacial score (nSPS) is 20.2. The van der Waals surface area contributed by atoms with Crippen molar-refractivity contribution in [1.82, 2.24) is 15.5 Å². The fraction of sp³-hybridized carbons (Fsp3) is 0.652. The summed E-state index contributed by atoms with van der Waals surface area (Å²) in [5, 5.41) is 5.82. The number of morpholine rings is 1. The van der Waals surface area contributed by atoms with Crippen LogP contribution < -0.4 is 20.1 Å². The van der Waals surface area contributed by atoms with Crippen LogP contribution in [0.5, 0.6) is 11.5 Å². The van der Waals surface area contributed by atoms with Crippen molar-refractivity contribution < 1.29 is 23.8 Å². The van der Waals surface area contributed by atoms with E-state index in [1.165, 1.54) is 14.2 Å². The molecule has 8 nitrogen and oxygen atoms in total. The maximum atomic E-state index is 12.8. The molecule has 1 aromatic rings. The van der Waals surface area contributed by atoms with Crippen LogP contribution in [0.4, 0.5) is 0 Å². The van der Waals surface area contributed by atoms with Gasteiger partial charge in [-0.15, -0.1) is 0 Å². The van der Waals surface area contributed by atoms with Gasteiger partial charge in [0.25, 0.3) is 5.91 Å². The monoisotopic (exact) mass is 435 g/mol. The Bertz CT molecular complexity index is 708. The Labute approximate surface area is 185 Å². The molecule has 2 N–H and O–H groups in total. The van der Waals surface area contributed by atoms with Crippen LogP contribution in [-0.4, -0.2) is 75.4 Å². The Kier molecular flexibility index (Phi) is 9.58. The van der Waals surface area contributed by atoms with Gasteiger partial charge in [0.05, 0.1) is 26.4 Å². The molecule has 174 valence electrons. The highest BCUT2D eigenvalue weighted by atomic mass is 16.5. The molecule has 1 aliphatic heterocycles. The number of carbonyl (C=O) groups is 2. The molecule has 0 radical (unpaired) electrons. The van der Waals surface area contributed by atoms with Crippen molar-refractivity contribution in [2.75, 3.05) is 40.4 Å². The molecule has 1 aliphatic rings. The summed E-state index contributed by atoms with van der Waals surface area (Å²) in [4.78, 5) is 27.9. The van der Waals surface area contributed by atoms with E-state index in [-0.39, 0.29) is 29.9 Å². The van der Waals surface area contributed by atoms with E-state index >= 15 is 0 Å². The maximum Gasteiger partial charge on any atom is 0.252 e. The summed E-state index contributed by atoms with van der Waals surface area (Å²) in [5.41, 5.74) is 0.380. The lowest BCUT2D eigenvalue weighted by Gasteiger charge is -2.35. The topological polar surface area (TPSA) is 89.1 Å². The van der Waals surface area contributed by atoms with Crippen molar-refractivity contribution in [3.8, 4) is 11.5 Å². The lowest BCUT2D eigenvalue weighted by atomic mass is 10.0. The summed E-state index contributed by atoms with van der Waals surface area (Å²) in [6.07, 6.45) is 1.31. The molecule has 0 aromatic heterocycles. The molecular formula is C23H37N3O5. The molecule has 0 spiro atoms. The van der Waals surface area contributed by atoms with Gasteiger partial charge < -0.3 is 24.8 Å². The fourth-order valence-corrected chi connectivity index (χ4v) is 3.79. The highest BCUT2D eigenvalue weighted by Crippen LogP contribution is 2.22. The van der Waals surface area contributed by atoms with Crippen LogP contribution in [0.15, 0.2) is 18.2 Å². The highest BCUT2D eigenvalue weighted by molar-refractivity contribution is 5.98. The van der Waals surface area contributed by atoms with Crippen molar-refractivity contribution >= 4 is 11.8 Å². The molecule has 0 bridgehead atoms. The first kappa shape index (κ1) is 24.9. The third-order valence-electron chi connectivity index (χ3n) is 5.29. The molecule has 31 heavy (non-hydrogen) atoms. The Hall–Kier alpha value is -2.32. The van der Waals surface area contributed by atoms with Crippen molar-refractivity contribution in [3.63, 3.8) is 0 Å². The van der Waals surface area contributed by atoms with E-state index in [0.717, 1.165) is 26.1 Å². The molecule has 0 aliphatic carbocycles. The van der Waals surface area contributed by atoms with Crippen LogP contribution in [0.2, 0.25) is 0 Å². The molecular weight excluding hydrogens is 398 g/mol. The summed E-state index contributed by atoms with van der Waals surface area (Å²) >= 11 is 0. The third kappa shape index (κ3) is 7.70. The number of benzene rings is 1. The number of nitrogens with one attached hydrogen (secondary N) is 2. The molecule has 3 unspecified atom stereocenters. The number of methoxy groups -OCH3 is 2. The average Bonchev–Trinajstić information content (AvgIpc) is 2.73. The highest BCUT2D eigenvalue weighted by Gasteiger charge is 2.25. The molecule has 1 saturated heterocycles. The smallest absolute Gasteiger partial charge is 0.252 e. The van der Waals surface area contributed by atoms with Gasteiger partial charge in [0.15, 0.2) is 0 Å². The van der Waals surface area contributed by atoms with E-state index in [9.17, 15) is 9.59 Å². The SMILES string of the molecule is COc1cc(OC)cc(C(=O)NC(C(=O)NCCCN2CC(C)OC(C)C2)C(C)C)c1. The molecule has 0 saturated carbocycles. The van der Waals surface area contributed by atoms with Gasteiger partial charge >= 0.3 is 0 Å². The van der Waals surface area contributed by atoms with Crippen LogP contribution in [0.3, 0.4) is 0 Å². The van der Waals surface area contributed by atoms with E-state index in [1.54, 1.807) is 18.2 Å². The molecule has 1 aromatic carbocycles. The average molecular weight is 436 g/mol. The first-order chi connectivity index (χ1) is 14.7. The van der Waals surface area contributed by atoms with E-state index in [4.69, 9.17) is 14.2 Å². The number of ether oxygens (including phenoxy) is 3. The number of hydrogen-bond acceptors (Lipinski definition) is 6. The second-order valence-electron chi connectivity index (χ2n) is 8.46. The first-order valence-electron chi connectivity index (χ1n) is 10.9. The standard InChI is InChI=1S/C23H37N3O5/c1-15(2)21(25-22(27)18-10-19(29-5)12-20(11-18)30-6)23(28)24-8-7-9-26-13-16(3)31-17(4)14-26/h10-12,15-17,21H,7-9,13-14H2,1-6H3,(H,24,28)(H,25,27). The zero-order chi connectivity index (χ0) is 23.0. The minimum atomic E-state index is -0.631. The largest absolute Gasteiger partial charge is 0.497 e. The lowest BCUT2D eigenvalue weighted by Crippen LogP contribution is -2.50. The second-order valence-corrected chi connectivity index (χ2v) is 8.46. The zero-order valence-corrected chi connectivity index (χ0v) is 19.6. The van der Waals surface area contributed by atoms with Gasteiger partial charge in [-0.1, -0.05) is 13.8 Å². The van der Waals surface area contributed by atoms with Gasteiger partial charge in [-0.2, -0.15) is 0 Å². The Morgan fingerprint density at radius 2 is 1.68 bits per heavy atom. The molecule has 2 amide bonds. The Balaban J connectivity index is 1.88. The molecule has 1 fully saturated rings.